The van der Waals surface area contributed by atoms with Gasteiger partial charge in [-0.25, -0.2) is 4.39 Å². The molecule has 3 nitrogen and oxygen atoms in total. The van der Waals surface area contributed by atoms with Gasteiger partial charge in [-0.05, 0) is 36.8 Å². The SMILES string of the molecule is Cc1cc(F)ccc1NCc1cccc2c1OCCCO2. The molecule has 0 amide bonds. The summed E-state index contributed by atoms with van der Waals surface area (Å²) in [4.78, 5) is 0. The van der Waals surface area contributed by atoms with Crippen molar-refractivity contribution < 1.29 is 13.9 Å². The molecule has 4 heteroatoms. The van der Waals surface area contributed by atoms with Gasteiger partial charge in [0.25, 0.3) is 0 Å². The lowest BCUT2D eigenvalue weighted by atomic mass is 10.1. The first-order valence-electron chi connectivity index (χ1n) is 7.11. The first-order valence-corrected chi connectivity index (χ1v) is 7.11. The van der Waals surface area contributed by atoms with Crippen LogP contribution in [0.4, 0.5) is 10.1 Å². The molecule has 1 N–H and O–H groups in total. The minimum Gasteiger partial charge on any atom is -0.490 e. The Kier molecular flexibility index (Phi) is 3.95. The van der Waals surface area contributed by atoms with E-state index in [1.165, 1.54) is 12.1 Å². The number of anilines is 1. The third-order valence-electron chi connectivity index (χ3n) is 3.51. The Morgan fingerprint density at radius 2 is 2.00 bits per heavy atom. The van der Waals surface area contributed by atoms with Crippen LogP contribution < -0.4 is 14.8 Å². The Morgan fingerprint density at radius 3 is 2.86 bits per heavy atom. The first-order chi connectivity index (χ1) is 10.2. The van der Waals surface area contributed by atoms with E-state index in [4.69, 9.17) is 9.47 Å². The maximum atomic E-state index is 13.1. The number of nitrogens with one attached hydrogen (secondary N) is 1. The summed E-state index contributed by atoms with van der Waals surface area (Å²) in [5.41, 5.74) is 2.84. The van der Waals surface area contributed by atoms with Crippen LogP contribution in [-0.4, -0.2) is 13.2 Å². The topological polar surface area (TPSA) is 30.5 Å². The van der Waals surface area contributed by atoms with E-state index in [9.17, 15) is 4.39 Å². The van der Waals surface area contributed by atoms with Gasteiger partial charge in [0, 0.05) is 24.2 Å². The van der Waals surface area contributed by atoms with Crippen molar-refractivity contribution in [2.45, 2.75) is 19.9 Å². The van der Waals surface area contributed by atoms with E-state index in [-0.39, 0.29) is 5.82 Å². The van der Waals surface area contributed by atoms with Crippen LogP contribution in [0, 0.1) is 12.7 Å². The average molecular weight is 287 g/mol. The van der Waals surface area contributed by atoms with Gasteiger partial charge in [-0.15, -0.1) is 0 Å². The molecule has 0 saturated heterocycles. The Bertz CT molecular complexity index is 643. The second kappa shape index (κ2) is 6.04. The molecular weight excluding hydrogens is 269 g/mol. The number of hydrogen-bond donors (Lipinski definition) is 1. The Morgan fingerprint density at radius 1 is 1.14 bits per heavy atom. The van der Waals surface area contributed by atoms with E-state index in [1.54, 1.807) is 6.07 Å². The molecule has 2 aromatic carbocycles. The van der Waals surface area contributed by atoms with Crippen molar-refractivity contribution >= 4 is 5.69 Å². The van der Waals surface area contributed by atoms with Gasteiger partial charge in [-0.2, -0.15) is 0 Å². The molecule has 0 fully saturated rings. The minimum atomic E-state index is -0.219. The Balaban J connectivity index is 1.79. The fourth-order valence-corrected chi connectivity index (χ4v) is 2.41. The molecule has 0 bridgehead atoms. The number of hydrogen-bond acceptors (Lipinski definition) is 3. The van der Waals surface area contributed by atoms with Crippen molar-refractivity contribution in [1.82, 2.24) is 0 Å². The smallest absolute Gasteiger partial charge is 0.166 e. The van der Waals surface area contributed by atoms with Crippen molar-refractivity contribution in [2.24, 2.45) is 0 Å². The number of fused-ring (bicyclic) bond motifs is 1. The van der Waals surface area contributed by atoms with Gasteiger partial charge in [0.2, 0.25) is 0 Å². The van der Waals surface area contributed by atoms with Gasteiger partial charge in [0.1, 0.15) is 5.82 Å². The molecule has 3 rings (SSSR count). The number of halogens is 1. The summed E-state index contributed by atoms with van der Waals surface area (Å²) in [5, 5.41) is 3.32. The summed E-state index contributed by atoms with van der Waals surface area (Å²) in [6.07, 6.45) is 0.888. The first kappa shape index (κ1) is 13.7. The van der Waals surface area contributed by atoms with Gasteiger partial charge in [0.05, 0.1) is 13.2 Å². The second-order valence-corrected chi connectivity index (χ2v) is 5.11. The van der Waals surface area contributed by atoms with Crippen molar-refractivity contribution in [3.63, 3.8) is 0 Å². The molecular formula is C17H18FNO2. The highest BCUT2D eigenvalue weighted by Crippen LogP contribution is 2.33. The van der Waals surface area contributed by atoms with E-state index >= 15 is 0 Å². The predicted octanol–water partition coefficient (Wildman–Crippen LogP) is 3.91. The zero-order chi connectivity index (χ0) is 14.7. The van der Waals surface area contributed by atoms with Crippen molar-refractivity contribution in [2.75, 3.05) is 18.5 Å². The van der Waals surface area contributed by atoms with Gasteiger partial charge < -0.3 is 14.8 Å². The van der Waals surface area contributed by atoms with Crippen LogP contribution in [0.3, 0.4) is 0 Å². The van der Waals surface area contributed by atoms with Crippen molar-refractivity contribution in [1.29, 1.82) is 0 Å². The quantitative estimate of drug-likeness (QED) is 0.928. The molecule has 1 aliphatic rings. The maximum Gasteiger partial charge on any atom is 0.166 e. The normalized spacial score (nSPS) is 13.6. The van der Waals surface area contributed by atoms with Crippen LogP contribution in [0.5, 0.6) is 11.5 Å². The van der Waals surface area contributed by atoms with Crippen LogP contribution in [0.15, 0.2) is 36.4 Å². The van der Waals surface area contributed by atoms with E-state index in [0.717, 1.165) is 34.7 Å². The standard InChI is InChI=1S/C17H18FNO2/c1-12-10-14(18)6-7-15(12)19-11-13-4-2-5-16-17(13)21-9-3-8-20-16/h2,4-7,10,19H,3,8-9,11H2,1H3. The number of aryl methyl sites for hydroxylation is 1. The molecule has 2 aromatic rings. The number of benzene rings is 2. The predicted molar refractivity (Wildman–Crippen MR) is 80.5 cm³/mol. The van der Waals surface area contributed by atoms with Gasteiger partial charge in [-0.1, -0.05) is 12.1 Å². The van der Waals surface area contributed by atoms with E-state index in [0.29, 0.717) is 19.8 Å². The Hall–Kier alpha value is -2.23. The highest BCUT2D eigenvalue weighted by atomic mass is 19.1. The molecule has 0 aliphatic carbocycles. The molecule has 21 heavy (non-hydrogen) atoms. The largest absolute Gasteiger partial charge is 0.490 e. The summed E-state index contributed by atoms with van der Waals surface area (Å²) in [6, 6.07) is 10.6. The van der Waals surface area contributed by atoms with Crippen LogP contribution in [-0.2, 0) is 6.54 Å². The number of rotatable bonds is 3. The maximum absolute atomic E-state index is 13.1. The molecule has 1 aliphatic heterocycles. The molecule has 0 radical (unpaired) electrons. The zero-order valence-electron chi connectivity index (χ0n) is 12.0. The van der Waals surface area contributed by atoms with Crippen LogP contribution in [0.1, 0.15) is 17.5 Å². The average Bonchev–Trinajstić information content (AvgIpc) is 2.72. The molecule has 0 unspecified atom stereocenters. The lowest BCUT2D eigenvalue weighted by Crippen LogP contribution is -2.04. The van der Waals surface area contributed by atoms with Gasteiger partial charge >= 0.3 is 0 Å². The summed E-state index contributed by atoms with van der Waals surface area (Å²) >= 11 is 0. The second-order valence-electron chi connectivity index (χ2n) is 5.11. The zero-order valence-corrected chi connectivity index (χ0v) is 12.0. The minimum absolute atomic E-state index is 0.219. The van der Waals surface area contributed by atoms with Crippen molar-refractivity contribution in [3.8, 4) is 11.5 Å². The highest BCUT2D eigenvalue weighted by molar-refractivity contribution is 5.53. The summed E-state index contributed by atoms with van der Waals surface area (Å²) in [6.45, 7) is 3.84. The Labute approximate surface area is 123 Å². The van der Waals surface area contributed by atoms with Gasteiger partial charge in [-0.3, -0.25) is 0 Å². The fraction of sp³-hybridized carbons (Fsp3) is 0.294. The number of para-hydroxylation sites is 1. The summed E-state index contributed by atoms with van der Waals surface area (Å²) < 4.78 is 24.6. The van der Waals surface area contributed by atoms with Gasteiger partial charge in [0.15, 0.2) is 11.5 Å². The van der Waals surface area contributed by atoms with Crippen LogP contribution in [0.25, 0.3) is 0 Å². The summed E-state index contributed by atoms with van der Waals surface area (Å²) in [5.74, 6) is 1.38. The monoisotopic (exact) mass is 287 g/mol. The molecule has 0 atom stereocenters. The molecule has 110 valence electrons. The fourth-order valence-electron chi connectivity index (χ4n) is 2.41. The van der Waals surface area contributed by atoms with Crippen LogP contribution >= 0.6 is 0 Å². The molecule has 0 saturated carbocycles. The number of ether oxygens (including phenoxy) is 2. The summed E-state index contributed by atoms with van der Waals surface area (Å²) in [7, 11) is 0. The van der Waals surface area contributed by atoms with E-state index < -0.39 is 0 Å². The van der Waals surface area contributed by atoms with E-state index in [2.05, 4.69) is 5.32 Å². The molecule has 0 aromatic heterocycles. The third kappa shape index (κ3) is 3.10. The molecule has 0 spiro atoms. The molecule has 1 heterocycles. The highest BCUT2D eigenvalue weighted by Gasteiger charge is 2.14. The van der Waals surface area contributed by atoms with Crippen molar-refractivity contribution in [3.05, 3.63) is 53.3 Å². The van der Waals surface area contributed by atoms with Crippen LogP contribution in [0.2, 0.25) is 0 Å². The third-order valence-corrected chi connectivity index (χ3v) is 3.51. The van der Waals surface area contributed by atoms with E-state index in [1.807, 2.05) is 25.1 Å². The lowest BCUT2D eigenvalue weighted by molar-refractivity contribution is 0.296. The lowest BCUT2D eigenvalue weighted by Gasteiger charge is -2.14.